The number of fused-ring (bicyclic) bond motifs is 2. The van der Waals surface area contributed by atoms with E-state index in [9.17, 15) is 9.59 Å². The van der Waals surface area contributed by atoms with Crippen molar-refractivity contribution in [1.29, 1.82) is 0 Å². The minimum absolute atomic E-state index is 0.0640. The zero-order valence-corrected chi connectivity index (χ0v) is 16.7. The van der Waals surface area contributed by atoms with Crippen LogP contribution in [0.15, 0.2) is 24.3 Å². The van der Waals surface area contributed by atoms with E-state index in [0.29, 0.717) is 18.7 Å². The Kier molecular flexibility index (Phi) is 5.46. The Balaban J connectivity index is 2.20. The Morgan fingerprint density at radius 1 is 1.48 bits per heavy atom. The molecule has 2 N–H and O–H groups in total. The van der Waals surface area contributed by atoms with Crippen LogP contribution in [0.1, 0.15) is 20.8 Å². The van der Waals surface area contributed by atoms with Crippen molar-refractivity contribution in [2.24, 2.45) is 5.73 Å². The van der Waals surface area contributed by atoms with Crippen LogP contribution in [0.25, 0.3) is 0 Å². The predicted octanol–water partition coefficient (Wildman–Crippen LogP) is 2.03. The molecule has 0 saturated carbocycles. The second-order valence-electron chi connectivity index (χ2n) is 7.99. The van der Waals surface area contributed by atoms with Crippen molar-refractivity contribution in [2.75, 3.05) is 19.8 Å². The molecule has 2 heterocycles. The SMILES string of the molecule is C=CCON1C(=O)N2C[C@H]1C(C(N)=O)=C[C@H]2CO[Si](C)(C)C(C)(C)C. The minimum atomic E-state index is -1.97. The average Bonchev–Trinajstić information content (AvgIpc) is 2.76. The maximum Gasteiger partial charge on any atom is 0.345 e. The Morgan fingerprint density at radius 3 is 2.64 bits per heavy atom. The lowest BCUT2D eigenvalue weighted by molar-refractivity contribution is -0.123. The van der Waals surface area contributed by atoms with Crippen LogP contribution in [0.2, 0.25) is 18.1 Å². The van der Waals surface area contributed by atoms with Crippen LogP contribution >= 0.6 is 0 Å². The number of hydroxylamine groups is 2. The van der Waals surface area contributed by atoms with Crippen LogP contribution in [0.4, 0.5) is 4.79 Å². The van der Waals surface area contributed by atoms with Crippen molar-refractivity contribution in [3.05, 3.63) is 24.3 Å². The molecule has 0 spiro atoms. The summed E-state index contributed by atoms with van der Waals surface area (Å²) >= 11 is 0. The quantitative estimate of drug-likeness (QED) is 0.551. The molecule has 0 aliphatic carbocycles. The monoisotopic (exact) mass is 367 g/mol. The van der Waals surface area contributed by atoms with E-state index in [4.69, 9.17) is 15.0 Å². The molecule has 25 heavy (non-hydrogen) atoms. The molecular weight excluding hydrogens is 338 g/mol. The number of primary amides is 1. The molecule has 140 valence electrons. The van der Waals surface area contributed by atoms with Gasteiger partial charge in [0.15, 0.2) is 8.32 Å². The molecule has 1 saturated heterocycles. The Bertz CT molecular complexity index is 597. The van der Waals surface area contributed by atoms with Gasteiger partial charge < -0.3 is 15.1 Å². The van der Waals surface area contributed by atoms with Crippen LogP contribution in [-0.2, 0) is 14.1 Å². The summed E-state index contributed by atoms with van der Waals surface area (Å²) in [6.07, 6.45) is 3.30. The van der Waals surface area contributed by atoms with Gasteiger partial charge in [-0.15, -0.1) is 6.58 Å². The van der Waals surface area contributed by atoms with Gasteiger partial charge in [0.05, 0.1) is 25.8 Å². The highest BCUT2D eigenvalue weighted by Crippen LogP contribution is 2.37. The number of nitrogens with two attached hydrogens (primary N) is 1. The molecule has 7 nitrogen and oxygen atoms in total. The van der Waals surface area contributed by atoms with Crippen molar-refractivity contribution in [2.45, 2.75) is 51.0 Å². The molecule has 0 aromatic carbocycles. The second kappa shape index (κ2) is 6.93. The van der Waals surface area contributed by atoms with Crippen LogP contribution in [0.5, 0.6) is 0 Å². The van der Waals surface area contributed by atoms with Crippen molar-refractivity contribution in [3.8, 4) is 0 Å². The summed E-state index contributed by atoms with van der Waals surface area (Å²) in [6.45, 7) is 15.3. The number of carbonyl (C=O) groups excluding carboxylic acids is 2. The molecule has 2 aliphatic rings. The lowest BCUT2D eigenvalue weighted by Gasteiger charge is -2.38. The van der Waals surface area contributed by atoms with Gasteiger partial charge in [-0.25, -0.2) is 4.79 Å². The summed E-state index contributed by atoms with van der Waals surface area (Å²) in [5.41, 5.74) is 5.93. The average molecular weight is 368 g/mol. The zero-order chi connectivity index (χ0) is 19.0. The first-order valence-electron chi connectivity index (χ1n) is 8.48. The van der Waals surface area contributed by atoms with Gasteiger partial charge in [-0.1, -0.05) is 26.8 Å². The zero-order valence-electron chi connectivity index (χ0n) is 15.7. The van der Waals surface area contributed by atoms with Gasteiger partial charge in [0.25, 0.3) is 0 Å². The summed E-state index contributed by atoms with van der Waals surface area (Å²) in [4.78, 5) is 31.6. The summed E-state index contributed by atoms with van der Waals surface area (Å²) < 4.78 is 6.25. The van der Waals surface area contributed by atoms with Crippen molar-refractivity contribution in [1.82, 2.24) is 9.96 Å². The highest BCUT2D eigenvalue weighted by atomic mass is 28.4. The third-order valence-electron chi connectivity index (χ3n) is 5.26. The molecular formula is C17H29N3O4Si. The van der Waals surface area contributed by atoms with Gasteiger partial charge in [0.2, 0.25) is 5.91 Å². The van der Waals surface area contributed by atoms with Crippen LogP contribution in [0.3, 0.4) is 0 Å². The Labute approximate surface area is 150 Å². The van der Waals surface area contributed by atoms with Gasteiger partial charge >= 0.3 is 6.03 Å². The normalized spacial score (nSPS) is 23.7. The van der Waals surface area contributed by atoms with E-state index < -0.39 is 20.3 Å². The van der Waals surface area contributed by atoms with Crippen molar-refractivity contribution >= 4 is 20.3 Å². The molecule has 2 bridgehead atoms. The van der Waals surface area contributed by atoms with Crippen LogP contribution in [-0.4, -0.2) is 62.1 Å². The molecule has 1 fully saturated rings. The van der Waals surface area contributed by atoms with E-state index in [1.165, 1.54) is 5.06 Å². The van der Waals surface area contributed by atoms with Gasteiger partial charge in [-0.2, -0.15) is 5.06 Å². The smallest absolute Gasteiger partial charge is 0.345 e. The lowest BCUT2D eigenvalue weighted by atomic mass is 10.00. The minimum Gasteiger partial charge on any atom is -0.414 e. The highest BCUT2D eigenvalue weighted by molar-refractivity contribution is 6.74. The number of hydrogen-bond acceptors (Lipinski definition) is 4. The third-order valence-corrected chi connectivity index (χ3v) is 9.76. The molecule has 0 aromatic rings. The van der Waals surface area contributed by atoms with E-state index >= 15 is 0 Å². The molecule has 0 aromatic heterocycles. The number of hydrogen-bond donors (Lipinski definition) is 1. The molecule has 0 radical (unpaired) electrons. The summed E-state index contributed by atoms with van der Waals surface area (Å²) in [7, 11) is -1.97. The number of carbonyl (C=O) groups is 2. The third kappa shape index (κ3) is 3.80. The number of nitrogens with zero attached hydrogens (tertiary/aromatic N) is 2. The first kappa shape index (κ1) is 19.7. The number of urea groups is 1. The van der Waals surface area contributed by atoms with E-state index in [1.54, 1.807) is 17.1 Å². The fraction of sp³-hybridized carbons (Fsp3) is 0.647. The fourth-order valence-corrected chi connectivity index (χ4v) is 3.70. The second-order valence-corrected chi connectivity index (χ2v) is 12.8. The van der Waals surface area contributed by atoms with E-state index in [2.05, 4.69) is 40.4 Å². The largest absolute Gasteiger partial charge is 0.414 e. The molecule has 2 aliphatic heterocycles. The van der Waals surface area contributed by atoms with Crippen molar-refractivity contribution in [3.63, 3.8) is 0 Å². The molecule has 2 rings (SSSR count). The number of amides is 3. The Hall–Kier alpha value is -1.64. The predicted molar refractivity (Wildman–Crippen MR) is 98.1 cm³/mol. The molecule has 3 amide bonds. The van der Waals surface area contributed by atoms with Gasteiger partial charge in [-0.3, -0.25) is 9.63 Å². The maximum absolute atomic E-state index is 12.7. The maximum atomic E-state index is 12.7. The topological polar surface area (TPSA) is 85.1 Å². The Morgan fingerprint density at radius 2 is 2.12 bits per heavy atom. The molecule has 2 atom stereocenters. The highest BCUT2D eigenvalue weighted by Gasteiger charge is 2.48. The summed E-state index contributed by atoms with van der Waals surface area (Å²) in [5.74, 6) is -0.538. The first-order valence-corrected chi connectivity index (χ1v) is 11.4. The first-order chi connectivity index (χ1) is 11.5. The summed E-state index contributed by atoms with van der Waals surface area (Å²) in [5, 5.41) is 1.29. The molecule has 0 unspecified atom stereocenters. The number of rotatable bonds is 7. The summed E-state index contributed by atoms with van der Waals surface area (Å²) in [6, 6.07) is -1.07. The lowest BCUT2D eigenvalue weighted by Crippen LogP contribution is -2.48. The van der Waals surface area contributed by atoms with Crippen molar-refractivity contribution < 1.29 is 18.9 Å². The standard InChI is InChI=1S/C17H29N3O4Si/c1-7-8-23-20-14-10-19(16(20)22)12(9-13(14)15(18)21)11-24-25(5,6)17(2,3)4/h7,9,12,14H,1,8,10-11H2,2-6H3,(H2,18,21)/t12-,14-/m0/s1. The fourth-order valence-electron chi connectivity index (χ4n) is 2.68. The van der Waals surface area contributed by atoms with Gasteiger partial charge in [0.1, 0.15) is 6.04 Å². The van der Waals surface area contributed by atoms with E-state index in [0.717, 1.165) is 0 Å². The van der Waals surface area contributed by atoms with Crippen LogP contribution < -0.4 is 5.73 Å². The molecule has 8 heteroatoms. The van der Waals surface area contributed by atoms with E-state index in [1.807, 2.05) is 0 Å². The van der Waals surface area contributed by atoms with Gasteiger partial charge in [-0.05, 0) is 24.2 Å². The van der Waals surface area contributed by atoms with Crippen LogP contribution in [0, 0.1) is 0 Å². The van der Waals surface area contributed by atoms with E-state index in [-0.39, 0.29) is 23.7 Å². The van der Waals surface area contributed by atoms with Gasteiger partial charge in [0, 0.05) is 5.57 Å².